The van der Waals surface area contributed by atoms with E-state index in [-0.39, 0.29) is 12.0 Å². The molecule has 188 valence electrons. The molecule has 0 aliphatic carbocycles. The van der Waals surface area contributed by atoms with Gasteiger partial charge in [0.25, 0.3) is 0 Å². The molecule has 0 spiro atoms. The first kappa shape index (κ1) is 26.1. The predicted molar refractivity (Wildman–Crippen MR) is 135 cm³/mol. The fourth-order valence-electron chi connectivity index (χ4n) is 3.52. The van der Waals surface area contributed by atoms with Gasteiger partial charge in [0.2, 0.25) is 0 Å². The Hall–Kier alpha value is -3.50. The number of hydrogen-bond acceptors (Lipinski definition) is 8. The van der Waals surface area contributed by atoms with Crippen LogP contribution in [0.4, 0.5) is 10.6 Å². The van der Waals surface area contributed by atoms with Gasteiger partial charge in [-0.25, -0.2) is 9.78 Å². The van der Waals surface area contributed by atoms with E-state index in [0.29, 0.717) is 40.8 Å². The predicted octanol–water partition coefficient (Wildman–Crippen LogP) is 3.30. The van der Waals surface area contributed by atoms with Gasteiger partial charge in [-0.15, -0.1) is 0 Å². The van der Waals surface area contributed by atoms with Crippen LogP contribution in [0.25, 0.3) is 5.57 Å². The maximum atomic E-state index is 12.6. The molecule has 10 heteroatoms. The fraction of sp³-hybridized carbons (Fsp3) is 0.440. The van der Waals surface area contributed by atoms with E-state index in [4.69, 9.17) is 10.5 Å². The zero-order chi connectivity index (χ0) is 25.8. The molecule has 2 amide bonds. The van der Waals surface area contributed by atoms with Crippen LogP contribution in [0.15, 0.2) is 41.7 Å². The average molecular weight is 483 g/mol. The molecule has 3 heterocycles. The number of carbonyl (C=O) groups is 1. The Labute approximate surface area is 205 Å². The maximum Gasteiger partial charge on any atom is 0.325 e. The van der Waals surface area contributed by atoms with E-state index < -0.39 is 17.9 Å². The Kier molecular flexibility index (Phi) is 7.76. The van der Waals surface area contributed by atoms with Gasteiger partial charge in [0.05, 0.1) is 23.5 Å². The zero-order valence-corrected chi connectivity index (χ0v) is 20.8. The minimum atomic E-state index is -0.921. The van der Waals surface area contributed by atoms with E-state index in [0.717, 1.165) is 6.42 Å². The van der Waals surface area contributed by atoms with E-state index in [1.807, 2.05) is 13.8 Å². The number of carbonyl (C=O) groups excluding carboxylic acids is 1. The van der Waals surface area contributed by atoms with Crippen LogP contribution in [-0.2, 0) is 0 Å². The van der Waals surface area contributed by atoms with Gasteiger partial charge in [-0.3, -0.25) is 20.2 Å². The highest BCUT2D eigenvalue weighted by molar-refractivity contribution is 6.08. The number of hydrogen-bond donors (Lipinski definition) is 4. The van der Waals surface area contributed by atoms with Gasteiger partial charge in [-0.05, 0) is 45.4 Å². The summed E-state index contributed by atoms with van der Waals surface area (Å²) in [4.78, 5) is 27.0. The molecule has 1 aliphatic heterocycles. The van der Waals surface area contributed by atoms with Gasteiger partial charge in [-0.2, -0.15) is 0 Å². The molecular formula is C25H34N6O4. The van der Waals surface area contributed by atoms with Gasteiger partial charge in [-0.1, -0.05) is 13.8 Å². The van der Waals surface area contributed by atoms with Crippen LogP contribution < -0.4 is 15.8 Å². The Bertz CT molecular complexity index is 1120. The first-order valence-corrected chi connectivity index (χ1v) is 11.4. The summed E-state index contributed by atoms with van der Waals surface area (Å²) >= 11 is 0. The molecule has 1 unspecified atom stereocenters. The maximum absolute atomic E-state index is 12.6. The van der Waals surface area contributed by atoms with E-state index in [2.05, 4.69) is 20.3 Å². The number of likely N-dealkylation sites (tertiary alicyclic amines) is 1. The number of allylic oxidation sites excluding steroid dienone is 1. The Morgan fingerprint density at radius 3 is 2.74 bits per heavy atom. The number of anilines is 1. The van der Waals surface area contributed by atoms with Crippen LogP contribution in [-0.4, -0.2) is 62.2 Å². The largest absolute Gasteiger partial charge is 0.455 e. The van der Waals surface area contributed by atoms with Crippen molar-refractivity contribution >= 4 is 23.6 Å². The molecule has 0 aromatic carbocycles. The monoisotopic (exact) mass is 482 g/mol. The summed E-state index contributed by atoms with van der Waals surface area (Å²) in [6.07, 6.45) is 4.43. The lowest BCUT2D eigenvalue weighted by molar-refractivity contribution is -0.00118. The Balaban J connectivity index is 1.68. The molecule has 1 saturated heterocycles. The molecule has 5 N–H and O–H groups in total. The molecule has 0 bridgehead atoms. The molecular weight excluding hydrogens is 448 g/mol. The highest BCUT2D eigenvalue weighted by Crippen LogP contribution is 2.34. The standard InChI is InChI=1S/C25H34N6O4/c1-16-20(6-7-21(29-16)30-23(33)31-11-9-24(2,3)22(31)32)35-18-8-10-28-19(12-18)17(13-26)14-27-15-25(4,5)34/h6-8,10,12-14,22,32,34H,9,11,15,26H2,1-5H3,(H,29,30,33). The summed E-state index contributed by atoms with van der Waals surface area (Å²) in [6.45, 7) is 9.68. The van der Waals surface area contributed by atoms with Gasteiger partial charge in [0.1, 0.15) is 23.5 Å². The van der Waals surface area contributed by atoms with Crippen LogP contribution in [0.5, 0.6) is 11.5 Å². The van der Waals surface area contributed by atoms with Crippen molar-refractivity contribution in [3.05, 3.63) is 48.1 Å². The number of nitrogens with two attached hydrogens (primary N) is 1. The van der Waals surface area contributed by atoms with E-state index in [1.165, 1.54) is 11.1 Å². The first-order valence-electron chi connectivity index (χ1n) is 11.4. The number of urea groups is 1. The second-order valence-electron chi connectivity index (χ2n) is 9.90. The number of pyridine rings is 2. The molecule has 2 aromatic heterocycles. The molecule has 3 rings (SSSR count). The van der Waals surface area contributed by atoms with Crippen LogP contribution >= 0.6 is 0 Å². The molecule has 2 aromatic rings. The lowest BCUT2D eigenvalue weighted by Gasteiger charge is -2.27. The number of aromatic nitrogens is 2. The minimum Gasteiger partial charge on any atom is -0.455 e. The van der Waals surface area contributed by atoms with Crippen LogP contribution in [0.1, 0.15) is 45.5 Å². The summed E-state index contributed by atoms with van der Waals surface area (Å²) < 4.78 is 5.99. The average Bonchev–Trinajstić information content (AvgIpc) is 3.05. The molecule has 10 nitrogen and oxygen atoms in total. The zero-order valence-electron chi connectivity index (χ0n) is 20.8. The van der Waals surface area contributed by atoms with Gasteiger partial charge >= 0.3 is 6.03 Å². The van der Waals surface area contributed by atoms with Crippen molar-refractivity contribution in [2.75, 3.05) is 18.4 Å². The third-order valence-electron chi connectivity index (χ3n) is 5.67. The summed E-state index contributed by atoms with van der Waals surface area (Å²) in [7, 11) is 0. The summed E-state index contributed by atoms with van der Waals surface area (Å²) in [5.74, 6) is 1.40. The van der Waals surface area contributed by atoms with Gasteiger partial charge in [0.15, 0.2) is 0 Å². The first-order chi connectivity index (χ1) is 16.4. The van der Waals surface area contributed by atoms with Crippen molar-refractivity contribution in [2.45, 2.75) is 52.9 Å². The number of nitrogens with zero attached hydrogens (tertiary/aromatic N) is 4. The van der Waals surface area contributed by atoms with Gasteiger partial charge in [0, 0.05) is 42.2 Å². The molecule has 1 atom stereocenters. The summed E-state index contributed by atoms with van der Waals surface area (Å²) in [5.41, 5.74) is 6.20. The lowest BCUT2D eigenvalue weighted by atomic mass is 9.91. The quantitative estimate of drug-likeness (QED) is 0.443. The molecule has 1 fully saturated rings. The fourth-order valence-corrected chi connectivity index (χ4v) is 3.52. The molecule has 1 aliphatic rings. The van der Waals surface area contributed by atoms with Crippen molar-refractivity contribution in [3.63, 3.8) is 0 Å². The summed E-state index contributed by atoms with van der Waals surface area (Å²) in [6, 6.07) is 6.39. The van der Waals surface area contributed by atoms with E-state index >= 15 is 0 Å². The number of aliphatic hydroxyl groups is 2. The van der Waals surface area contributed by atoms with E-state index in [1.54, 1.807) is 57.4 Å². The van der Waals surface area contributed by atoms with Crippen LogP contribution in [0, 0.1) is 12.3 Å². The van der Waals surface area contributed by atoms with Crippen LogP contribution in [0.2, 0.25) is 0 Å². The number of amides is 2. The van der Waals surface area contributed by atoms with Crippen molar-refractivity contribution < 1.29 is 19.7 Å². The van der Waals surface area contributed by atoms with Crippen molar-refractivity contribution in [3.8, 4) is 11.5 Å². The third-order valence-corrected chi connectivity index (χ3v) is 5.67. The van der Waals surface area contributed by atoms with Crippen molar-refractivity contribution in [2.24, 2.45) is 16.1 Å². The molecule has 0 radical (unpaired) electrons. The SMILES string of the molecule is Cc1nc(NC(=O)N2CCC(C)(C)C2O)ccc1Oc1ccnc(C(C=NCC(C)(C)O)=CN)c1. The Morgan fingerprint density at radius 1 is 1.40 bits per heavy atom. The number of aliphatic imine (C=N–C) groups is 1. The number of ether oxygens (including phenoxy) is 1. The number of rotatable bonds is 7. The topological polar surface area (TPSA) is 146 Å². The number of aryl methyl sites for hydroxylation is 1. The van der Waals surface area contributed by atoms with Crippen molar-refractivity contribution in [1.29, 1.82) is 0 Å². The highest BCUT2D eigenvalue weighted by Gasteiger charge is 2.41. The van der Waals surface area contributed by atoms with Gasteiger partial charge < -0.3 is 20.7 Å². The van der Waals surface area contributed by atoms with Crippen molar-refractivity contribution in [1.82, 2.24) is 14.9 Å². The third kappa shape index (κ3) is 6.77. The Morgan fingerprint density at radius 2 is 2.14 bits per heavy atom. The molecule has 35 heavy (non-hydrogen) atoms. The van der Waals surface area contributed by atoms with Crippen LogP contribution in [0.3, 0.4) is 0 Å². The second-order valence-corrected chi connectivity index (χ2v) is 9.90. The normalized spacial score (nSPS) is 18.2. The molecule has 0 saturated carbocycles. The smallest absolute Gasteiger partial charge is 0.325 e. The minimum absolute atomic E-state index is 0.225. The summed E-state index contributed by atoms with van der Waals surface area (Å²) in [5, 5.41) is 22.9. The van der Waals surface area contributed by atoms with E-state index in [9.17, 15) is 15.0 Å². The number of nitrogens with one attached hydrogen (secondary N) is 1. The second kappa shape index (κ2) is 10.4. The number of aliphatic hydroxyl groups excluding tert-OH is 1. The highest BCUT2D eigenvalue weighted by atomic mass is 16.5. The lowest BCUT2D eigenvalue weighted by Crippen LogP contribution is -2.42.